The number of nitrogens with zero attached hydrogens (tertiary/aromatic N) is 3. The number of alkyl halides is 3. The molecule has 0 aliphatic carbocycles. The summed E-state index contributed by atoms with van der Waals surface area (Å²) >= 11 is 0.859. The maximum absolute atomic E-state index is 13.1. The van der Waals surface area contributed by atoms with Gasteiger partial charge >= 0.3 is 16.9 Å². The fraction of sp³-hybridized carbons (Fsp3) is 0.400. The van der Waals surface area contributed by atoms with Crippen molar-refractivity contribution in [1.82, 2.24) is 20.1 Å². The number of hydrogen-bond acceptors (Lipinski definition) is 9. The van der Waals surface area contributed by atoms with E-state index >= 15 is 0 Å². The van der Waals surface area contributed by atoms with Crippen molar-refractivity contribution in [3.05, 3.63) is 11.1 Å². The standard InChI is InChI=1S/C10H11F3N6O6S2/c11-1-4-6(8(21)19(4)18-27(22,23)24)16-7(20)5(17-25-9(12)13)3-2-26-10(14)15-3/h2,4,6,9,18H,1H2,(H2,14,15)(H,16,20)(H,22,23,24). The van der Waals surface area contributed by atoms with Crippen LogP contribution in [0.3, 0.4) is 0 Å². The number of carbonyl (C=O) groups is 2. The molecule has 17 heteroatoms. The Bertz CT molecular complexity index is 861. The van der Waals surface area contributed by atoms with Gasteiger partial charge in [0.15, 0.2) is 10.8 Å². The first kappa shape index (κ1) is 20.8. The molecule has 1 aromatic rings. The van der Waals surface area contributed by atoms with Crippen LogP contribution in [-0.4, -0.2) is 65.9 Å². The lowest BCUT2D eigenvalue weighted by Crippen LogP contribution is -2.75. The first-order valence-electron chi connectivity index (χ1n) is 6.71. The minimum atomic E-state index is -4.86. The zero-order valence-electron chi connectivity index (χ0n) is 12.9. The van der Waals surface area contributed by atoms with Gasteiger partial charge in [-0.25, -0.2) is 9.37 Å². The van der Waals surface area contributed by atoms with Crippen LogP contribution in [0.4, 0.5) is 18.3 Å². The zero-order chi connectivity index (χ0) is 20.4. The summed E-state index contributed by atoms with van der Waals surface area (Å²) in [6.45, 7) is -4.66. The normalized spacial score (nSPS) is 20.6. The first-order chi connectivity index (χ1) is 12.5. The van der Waals surface area contributed by atoms with Crippen molar-refractivity contribution in [1.29, 1.82) is 0 Å². The van der Waals surface area contributed by atoms with Crippen molar-refractivity contribution >= 4 is 44.3 Å². The minimum Gasteiger partial charge on any atom is -0.375 e. The molecular formula is C10H11F3N6O6S2. The molecule has 1 aliphatic heterocycles. The molecule has 1 aliphatic rings. The van der Waals surface area contributed by atoms with Crippen molar-refractivity contribution in [3.63, 3.8) is 0 Å². The number of halogens is 3. The van der Waals surface area contributed by atoms with E-state index in [9.17, 15) is 31.2 Å². The van der Waals surface area contributed by atoms with Gasteiger partial charge in [-0.15, -0.1) is 16.2 Å². The summed E-state index contributed by atoms with van der Waals surface area (Å²) in [6, 6.07) is -3.06. The number of anilines is 1. The first-order valence-corrected chi connectivity index (χ1v) is 9.03. The average Bonchev–Trinajstić information content (AvgIpc) is 2.98. The number of oxime groups is 1. The molecule has 27 heavy (non-hydrogen) atoms. The van der Waals surface area contributed by atoms with Crippen molar-refractivity contribution in [2.45, 2.75) is 18.7 Å². The van der Waals surface area contributed by atoms with E-state index in [1.807, 2.05) is 5.32 Å². The predicted molar refractivity (Wildman–Crippen MR) is 83.4 cm³/mol. The fourth-order valence-corrected chi connectivity index (χ4v) is 3.02. The van der Waals surface area contributed by atoms with Gasteiger partial charge in [0.1, 0.15) is 24.5 Å². The summed E-state index contributed by atoms with van der Waals surface area (Å²) in [6.07, 6.45) is 0. The number of nitrogens with two attached hydrogens (primary N) is 1. The van der Waals surface area contributed by atoms with Gasteiger partial charge in [0.05, 0.1) is 0 Å². The lowest BCUT2D eigenvalue weighted by molar-refractivity contribution is -0.157. The molecule has 0 radical (unpaired) electrons. The number of hydrazine groups is 1. The average molecular weight is 432 g/mol. The van der Waals surface area contributed by atoms with Crippen LogP contribution in [0, 0.1) is 0 Å². The quantitative estimate of drug-likeness (QED) is 0.168. The third-order valence-electron chi connectivity index (χ3n) is 3.08. The highest BCUT2D eigenvalue weighted by Crippen LogP contribution is 2.20. The van der Waals surface area contributed by atoms with Gasteiger partial charge in [-0.3, -0.25) is 19.2 Å². The third kappa shape index (κ3) is 5.02. The van der Waals surface area contributed by atoms with Gasteiger partial charge in [0.25, 0.3) is 11.8 Å². The van der Waals surface area contributed by atoms with Crippen LogP contribution < -0.4 is 15.9 Å². The predicted octanol–water partition coefficient (Wildman–Crippen LogP) is -1.36. The second kappa shape index (κ2) is 8.03. The number of thiazole rings is 1. The monoisotopic (exact) mass is 432 g/mol. The molecule has 1 saturated heterocycles. The molecule has 2 atom stereocenters. The summed E-state index contributed by atoms with van der Waals surface area (Å²) in [7, 11) is -4.86. The molecule has 5 N–H and O–H groups in total. The van der Waals surface area contributed by atoms with E-state index in [1.54, 1.807) is 0 Å². The van der Waals surface area contributed by atoms with Crippen LogP contribution in [0.5, 0.6) is 0 Å². The molecule has 0 bridgehead atoms. The molecule has 0 spiro atoms. The number of aromatic nitrogens is 1. The van der Waals surface area contributed by atoms with Crippen LogP contribution in [0.15, 0.2) is 10.5 Å². The van der Waals surface area contributed by atoms with Crippen LogP contribution >= 0.6 is 11.3 Å². The summed E-state index contributed by atoms with van der Waals surface area (Å²) in [5.74, 6) is -2.35. The molecule has 2 heterocycles. The van der Waals surface area contributed by atoms with Crippen LogP contribution in [0.2, 0.25) is 0 Å². The number of amides is 2. The Morgan fingerprint density at radius 3 is 2.70 bits per heavy atom. The lowest BCUT2D eigenvalue weighted by Gasteiger charge is -2.44. The van der Waals surface area contributed by atoms with E-state index in [0.717, 1.165) is 11.3 Å². The highest BCUT2D eigenvalue weighted by molar-refractivity contribution is 7.83. The second-order valence-corrected chi connectivity index (χ2v) is 6.85. The number of nitrogen functional groups attached to an aromatic ring is 1. The fourth-order valence-electron chi connectivity index (χ4n) is 2.00. The van der Waals surface area contributed by atoms with E-state index in [2.05, 4.69) is 15.0 Å². The molecule has 2 amide bonds. The van der Waals surface area contributed by atoms with Gasteiger partial charge in [0.2, 0.25) is 0 Å². The van der Waals surface area contributed by atoms with E-state index < -0.39 is 53.2 Å². The molecule has 0 aromatic carbocycles. The Kier molecular flexibility index (Phi) is 6.19. The summed E-state index contributed by atoms with van der Waals surface area (Å²) in [4.78, 5) is 32.8. The summed E-state index contributed by atoms with van der Waals surface area (Å²) < 4.78 is 67.6. The highest BCUT2D eigenvalue weighted by Gasteiger charge is 2.50. The Morgan fingerprint density at radius 1 is 1.56 bits per heavy atom. The van der Waals surface area contributed by atoms with Crippen molar-refractivity contribution in [2.24, 2.45) is 5.16 Å². The molecule has 1 fully saturated rings. The maximum atomic E-state index is 13.1. The number of rotatable bonds is 8. The molecule has 2 rings (SSSR count). The Hall–Kier alpha value is -2.50. The Morgan fingerprint density at radius 2 is 2.22 bits per heavy atom. The lowest BCUT2D eigenvalue weighted by atomic mass is 9.98. The topological polar surface area (TPSA) is 176 Å². The van der Waals surface area contributed by atoms with Crippen LogP contribution in [0.25, 0.3) is 0 Å². The van der Waals surface area contributed by atoms with Crippen LogP contribution in [0.1, 0.15) is 5.69 Å². The Labute approximate surface area is 153 Å². The summed E-state index contributed by atoms with van der Waals surface area (Å²) in [5, 5.41) is 6.36. The van der Waals surface area contributed by atoms with E-state index in [1.165, 1.54) is 10.2 Å². The highest BCUT2D eigenvalue weighted by atomic mass is 32.2. The van der Waals surface area contributed by atoms with Crippen molar-refractivity contribution < 1.29 is 40.6 Å². The SMILES string of the molecule is Nc1nc(C(=NOC(F)F)C(=O)NC2C(=O)N(NS(=O)(=O)O)C2CF)cs1. The molecular weight excluding hydrogens is 421 g/mol. The summed E-state index contributed by atoms with van der Waals surface area (Å²) in [5.41, 5.74) is 4.37. The number of β-lactam (4-membered cyclic amide) rings is 1. The molecule has 1 aromatic heterocycles. The smallest absolute Gasteiger partial charge is 0.375 e. The molecule has 0 saturated carbocycles. The minimum absolute atomic E-state index is 0.0209. The molecule has 12 nitrogen and oxygen atoms in total. The van der Waals surface area contributed by atoms with Crippen LogP contribution in [-0.2, 0) is 24.7 Å². The zero-order valence-corrected chi connectivity index (χ0v) is 14.5. The van der Waals surface area contributed by atoms with Crippen molar-refractivity contribution in [2.75, 3.05) is 12.4 Å². The second-order valence-electron chi connectivity index (χ2n) is 4.82. The van der Waals surface area contributed by atoms with Gasteiger partial charge in [-0.05, 0) is 0 Å². The Balaban J connectivity index is 2.17. The van der Waals surface area contributed by atoms with E-state index in [-0.39, 0.29) is 15.8 Å². The largest absolute Gasteiger partial charge is 0.407 e. The van der Waals surface area contributed by atoms with E-state index in [0.29, 0.717) is 0 Å². The maximum Gasteiger partial charge on any atom is 0.407 e. The number of nitrogens with one attached hydrogen (secondary N) is 2. The molecule has 150 valence electrons. The van der Waals surface area contributed by atoms with E-state index in [4.69, 9.17) is 10.3 Å². The van der Waals surface area contributed by atoms with Gasteiger partial charge < -0.3 is 15.9 Å². The third-order valence-corrected chi connectivity index (χ3v) is 4.18. The van der Waals surface area contributed by atoms with Gasteiger partial charge in [-0.2, -0.15) is 17.2 Å². The van der Waals surface area contributed by atoms with Gasteiger partial charge in [0, 0.05) is 5.38 Å². The molecule has 2 unspecified atom stereocenters. The van der Waals surface area contributed by atoms with Gasteiger partial charge in [-0.1, -0.05) is 5.16 Å². The number of hydrogen-bond donors (Lipinski definition) is 4. The number of carbonyl (C=O) groups excluding carboxylic acids is 2. The van der Waals surface area contributed by atoms with Crippen molar-refractivity contribution in [3.8, 4) is 0 Å².